The summed E-state index contributed by atoms with van der Waals surface area (Å²) >= 11 is 0. The molecule has 3 heterocycles. The Morgan fingerprint density at radius 3 is 2.62 bits per heavy atom. The fraction of sp³-hybridized carbons (Fsp3) is 0.214. The van der Waals surface area contributed by atoms with Crippen molar-refractivity contribution in [2.24, 2.45) is 0 Å². The molecule has 5 aromatic rings. The molecule has 0 aliphatic heterocycles. The normalized spacial score (nSPS) is 11.2. The highest BCUT2D eigenvalue weighted by molar-refractivity contribution is 5.85. The summed E-state index contributed by atoms with van der Waals surface area (Å²) in [5.74, 6) is 0.548. The molecule has 3 aromatic heterocycles. The molecule has 0 atom stereocenters. The maximum atomic E-state index is 14.5. The minimum absolute atomic E-state index is 0.0266. The lowest BCUT2D eigenvalue weighted by Crippen LogP contribution is -2.13. The number of fused-ring (bicyclic) bond motifs is 1. The van der Waals surface area contributed by atoms with Gasteiger partial charge in [0.15, 0.2) is 11.7 Å². The number of anilines is 1. The van der Waals surface area contributed by atoms with Crippen LogP contribution in [0, 0.1) is 19.7 Å². The van der Waals surface area contributed by atoms with Crippen molar-refractivity contribution in [3.63, 3.8) is 0 Å². The monoisotopic (exact) mass is 499 g/mol. The number of rotatable bonds is 9. The van der Waals surface area contributed by atoms with Crippen LogP contribution in [0.2, 0.25) is 0 Å². The zero-order valence-electron chi connectivity index (χ0n) is 20.5. The summed E-state index contributed by atoms with van der Waals surface area (Å²) in [7, 11) is 0. The molecule has 2 aromatic carbocycles. The van der Waals surface area contributed by atoms with Crippen LogP contribution in [0.15, 0.2) is 65.5 Å². The van der Waals surface area contributed by atoms with Crippen LogP contribution in [-0.4, -0.2) is 37.1 Å². The van der Waals surface area contributed by atoms with E-state index in [1.54, 1.807) is 12.3 Å². The van der Waals surface area contributed by atoms with Crippen molar-refractivity contribution in [2.75, 3.05) is 11.9 Å². The van der Waals surface area contributed by atoms with Gasteiger partial charge in [0, 0.05) is 47.8 Å². The van der Waals surface area contributed by atoms with Crippen LogP contribution in [0.3, 0.4) is 0 Å². The molecule has 9 heteroatoms. The summed E-state index contributed by atoms with van der Waals surface area (Å²) in [4.78, 5) is 23.6. The second kappa shape index (κ2) is 10.2. The van der Waals surface area contributed by atoms with Gasteiger partial charge >= 0.3 is 5.97 Å². The van der Waals surface area contributed by atoms with E-state index in [4.69, 9.17) is 9.52 Å². The first-order valence-corrected chi connectivity index (χ1v) is 12.0. The molecule has 5 rings (SSSR count). The molecule has 0 amide bonds. The van der Waals surface area contributed by atoms with Crippen LogP contribution in [-0.2, 0) is 17.8 Å². The van der Waals surface area contributed by atoms with Gasteiger partial charge in [-0.2, -0.15) is 0 Å². The van der Waals surface area contributed by atoms with Crippen molar-refractivity contribution < 1.29 is 18.7 Å². The number of aromatic nitrogens is 4. The van der Waals surface area contributed by atoms with Gasteiger partial charge in [-0.25, -0.2) is 19.3 Å². The van der Waals surface area contributed by atoms with E-state index in [-0.39, 0.29) is 18.7 Å². The van der Waals surface area contributed by atoms with Crippen molar-refractivity contribution in [1.82, 2.24) is 19.5 Å². The standard InChI is InChI=1S/C28H26FN5O3/c1-17-3-8-22(29)28-21(17)13-18(2)34(28)12-11-30-25-14-23(32-16-33-25)19-4-6-20(7-5-19)24-15-31-26(37-24)9-10-27(35)36/h3-8,13-16H,9-12H2,1-2H3,(H,35,36)(H,30,32,33). The highest BCUT2D eigenvalue weighted by Gasteiger charge is 2.13. The zero-order chi connectivity index (χ0) is 25.9. The van der Waals surface area contributed by atoms with Gasteiger partial charge in [-0.3, -0.25) is 4.79 Å². The van der Waals surface area contributed by atoms with E-state index in [2.05, 4.69) is 20.3 Å². The third-order valence-electron chi connectivity index (χ3n) is 6.31. The highest BCUT2D eigenvalue weighted by Crippen LogP contribution is 2.27. The van der Waals surface area contributed by atoms with Crippen LogP contribution in [0.5, 0.6) is 0 Å². The summed E-state index contributed by atoms with van der Waals surface area (Å²) in [6.07, 6.45) is 3.33. The molecule has 0 radical (unpaired) electrons. The third kappa shape index (κ3) is 5.20. The summed E-state index contributed by atoms with van der Waals surface area (Å²) in [6, 6.07) is 14.9. The van der Waals surface area contributed by atoms with Gasteiger partial charge in [-0.1, -0.05) is 30.3 Å². The van der Waals surface area contributed by atoms with Crippen molar-refractivity contribution in [2.45, 2.75) is 33.2 Å². The Hall–Kier alpha value is -4.53. The molecular weight excluding hydrogens is 473 g/mol. The number of aryl methyl sites for hydroxylation is 3. The van der Waals surface area contributed by atoms with Crippen LogP contribution < -0.4 is 5.32 Å². The van der Waals surface area contributed by atoms with E-state index in [1.807, 2.05) is 54.8 Å². The molecule has 0 spiro atoms. The van der Waals surface area contributed by atoms with Gasteiger partial charge < -0.3 is 19.4 Å². The fourth-order valence-corrected chi connectivity index (χ4v) is 4.38. The summed E-state index contributed by atoms with van der Waals surface area (Å²) < 4.78 is 22.2. The maximum absolute atomic E-state index is 14.5. The number of hydrogen-bond acceptors (Lipinski definition) is 6. The number of halogens is 1. The Balaban J connectivity index is 1.26. The molecular formula is C28H26FN5O3. The molecule has 0 unspecified atom stereocenters. The average Bonchev–Trinajstić information content (AvgIpc) is 3.51. The molecule has 0 fully saturated rings. The number of oxazole rings is 1. The number of hydrogen-bond donors (Lipinski definition) is 2. The number of carboxylic acid groups (broad SMARTS) is 1. The number of benzene rings is 2. The average molecular weight is 500 g/mol. The number of carboxylic acids is 1. The molecule has 0 aliphatic carbocycles. The molecule has 37 heavy (non-hydrogen) atoms. The van der Waals surface area contributed by atoms with Gasteiger partial charge in [0.05, 0.1) is 23.8 Å². The van der Waals surface area contributed by atoms with E-state index in [1.165, 1.54) is 12.4 Å². The third-order valence-corrected chi connectivity index (χ3v) is 6.31. The molecule has 0 saturated heterocycles. The Bertz CT molecular complexity index is 1570. The topological polar surface area (TPSA) is 106 Å². The Kier molecular flexibility index (Phi) is 6.68. The van der Waals surface area contributed by atoms with Gasteiger partial charge in [0.25, 0.3) is 0 Å². The Morgan fingerprint density at radius 1 is 1.05 bits per heavy atom. The molecule has 8 nitrogen and oxygen atoms in total. The van der Waals surface area contributed by atoms with E-state index < -0.39 is 5.97 Å². The van der Waals surface area contributed by atoms with E-state index >= 15 is 0 Å². The SMILES string of the molecule is Cc1ccc(F)c2c1cc(C)n2CCNc1cc(-c2ccc(-c3cnc(CCC(=O)O)o3)cc2)ncn1. The van der Waals surface area contributed by atoms with Gasteiger partial charge in [-0.15, -0.1) is 0 Å². The van der Waals surface area contributed by atoms with E-state index in [0.29, 0.717) is 36.1 Å². The second-order valence-electron chi connectivity index (χ2n) is 8.87. The number of carbonyl (C=O) groups is 1. The predicted octanol–water partition coefficient (Wildman–Crippen LogP) is 5.64. The minimum atomic E-state index is -0.889. The quantitative estimate of drug-likeness (QED) is 0.270. The Morgan fingerprint density at radius 2 is 1.84 bits per heavy atom. The number of nitrogens with one attached hydrogen (secondary N) is 1. The first kappa shape index (κ1) is 24.2. The van der Waals surface area contributed by atoms with Crippen molar-refractivity contribution in [1.29, 1.82) is 0 Å². The zero-order valence-corrected chi connectivity index (χ0v) is 20.5. The number of nitrogens with zero attached hydrogens (tertiary/aromatic N) is 4. The van der Waals surface area contributed by atoms with Gasteiger partial charge in [0.2, 0.25) is 0 Å². The lowest BCUT2D eigenvalue weighted by atomic mass is 10.1. The second-order valence-corrected chi connectivity index (χ2v) is 8.87. The van der Waals surface area contributed by atoms with Crippen molar-refractivity contribution in [3.05, 3.63) is 84.0 Å². The predicted molar refractivity (Wildman–Crippen MR) is 139 cm³/mol. The molecule has 0 saturated carbocycles. The fourth-order valence-electron chi connectivity index (χ4n) is 4.38. The lowest BCUT2D eigenvalue weighted by molar-refractivity contribution is -0.137. The molecule has 0 bridgehead atoms. The first-order chi connectivity index (χ1) is 17.9. The van der Waals surface area contributed by atoms with Crippen LogP contribution >= 0.6 is 0 Å². The first-order valence-electron chi connectivity index (χ1n) is 12.0. The van der Waals surface area contributed by atoms with Gasteiger partial charge in [0.1, 0.15) is 18.0 Å². The van der Waals surface area contributed by atoms with Crippen molar-refractivity contribution in [3.8, 4) is 22.6 Å². The van der Waals surface area contributed by atoms with Crippen molar-refractivity contribution >= 4 is 22.7 Å². The largest absolute Gasteiger partial charge is 0.481 e. The summed E-state index contributed by atoms with van der Waals surface area (Å²) in [5, 5.41) is 13.1. The van der Waals surface area contributed by atoms with E-state index in [9.17, 15) is 9.18 Å². The minimum Gasteiger partial charge on any atom is -0.481 e. The van der Waals surface area contributed by atoms with Crippen LogP contribution in [0.25, 0.3) is 33.5 Å². The summed E-state index contributed by atoms with van der Waals surface area (Å²) in [6.45, 7) is 5.14. The maximum Gasteiger partial charge on any atom is 0.303 e. The van der Waals surface area contributed by atoms with Crippen LogP contribution in [0.1, 0.15) is 23.6 Å². The number of aliphatic carboxylic acids is 1. The molecule has 188 valence electrons. The molecule has 2 N–H and O–H groups in total. The van der Waals surface area contributed by atoms with Gasteiger partial charge in [-0.05, 0) is 31.5 Å². The highest BCUT2D eigenvalue weighted by atomic mass is 19.1. The smallest absolute Gasteiger partial charge is 0.303 e. The summed E-state index contributed by atoms with van der Waals surface area (Å²) in [5.41, 5.74) is 5.19. The van der Waals surface area contributed by atoms with E-state index in [0.717, 1.165) is 33.5 Å². The lowest BCUT2D eigenvalue weighted by Gasteiger charge is -2.11. The van der Waals surface area contributed by atoms with Crippen LogP contribution in [0.4, 0.5) is 10.2 Å². The molecule has 0 aliphatic rings. The Labute approximate surface area is 212 Å².